The van der Waals surface area contributed by atoms with Crippen molar-refractivity contribution in [3.05, 3.63) is 11.8 Å². The lowest BCUT2D eigenvalue weighted by Gasteiger charge is -2.23. The normalized spacial score (nSPS) is 11.9. The Morgan fingerprint density at radius 3 is 2.30 bits per heavy atom. The highest BCUT2D eigenvalue weighted by Crippen LogP contribution is 2.03. The van der Waals surface area contributed by atoms with E-state index in [2.05, 4.69) is 18.7 Å². The van der Waals surface area contributed by atoms with E-state index in [-0.39, 0.29) is 0 Å². The fraction of sp³-hybridized carbons (Fsp3) is 0.625. The van der Waals surface area contributed by atoms with Gasteiger partial charge in [-0.1, -0.05) is 0 Å². The van der Waals surface area contributed by atoms with Crippen molar-refractivity contribution in [3.8, 4) is 0 Å². The van der Waals surface area contributed by atoms with Crippen LogP contribution in [0.1, 0.15) is 20.8 Å². The predicted octanol–water partition coefficient (Wildman–Crippen LogP) is 1.88. The standard InChI is InChI=1S/C8H16N2/c1-7(2)10(4)8(3)5-6-9/h5-7,9H,1-4H3/b8-5-,9-6?. The quantitative estimate of drug-likeness (QED) is 0.595. The van der Waals surface area contributed by atoms with Crippen molar-refractivity contribution in [2.45, 2.75) is 26.8 Å². The van der Waals surface area contributed by atoms with Crippen molar-refractivity contribution in [2.24, 2.45) is 0 Å². The topological polar surface area (TPSA) is 27.1 Å². The van der Waals surface area contributed by atoms with E-state index in [1.165, 1.54) is 6.21 Å². The van der Waals surface area contributed by atoms with E-state index in [1.807, 2.05) is 14.0 Å². The Hall–Kier alpha value is -0.790. The van der Waals surface area contributed by atoms with Crippen LogP contribution in [0.4, 0.5) is 0 Å². The third-order valence-electron chi connectivity index (χ3n) is 1.66. The first kappa shape index (κ1) is 9.21. The van der Waals surface area contributed by atoms with Crippen LogP contribution in [-0.2, 0) is 0 Å². The first-order chi connectivity index (χ1) is 4.59. The molecule has 0 saturated carbocycles. The molecule has 1 N–H and O–H groups in total. The average molecular weight is 140 g/mol. The summed E-state index contributed by atoms with van der Waals surface area (Å²) in [7, 11) is 2.03. The maximum atomic E-state index is 6.84. The highest BCUT2D eigenvalue weighted by Gasteiger charge is 2.00. The minimum atomic E-state index is 0.510. The van der Waals surface area contributed by atoms with Gasteiger partial charge in [0.25, 0.3) is 0 Å². The van der Waals surface area contributed by atoms with Gasteiger partial charge in [0, 0.05) is 25.0 Å². The van der Waals surface area contributed by atoms with Gasteiger partial charge in [-0.3, -0.25) is 0 Å². The molecule has 0 radical (unpaired) electrons. The Morgan fingerprint density at radius 1 is 1.50 bits per heavy atom. The summed E-state index contributed by atoms with van der Waals surface area (Å²) < 4.78 is 0. The van der Waals surface area contributed by atoms with E-state index in [4.69, 9.17) is 5.41 Å². The highest BCUT2D eigenvalue weighted by atomic mass is 15.1. The number of hydrogen-bond acceptors (Lipinski definition) is 2. The van der Waals surface area contributed by atoms with Gasteiger partial charge in [-0.05, 0) is 26.8 Å². The number of nitrogens with one attached hydrogen (secondary N) is 1. The third-order valence-corrected chi connectivity index (χ3v) is 1.66. The molecular weight excluding hydrogens is 124 g/mol. The molecule has 0 aromatic rings. The van der Waals surface area contributed by atoms with Crippen molar-refractivity contribution in [3.63, 3.8) is 0 Å². The predicted molar refractivity (Wildman–Crippen MR) is 45.4 cm³/mol. The van der Waals surface area contributed by atoms with Crippen LogP contribution >= 0.6 is 0 Å². The molecule has 0 aliphatic rings. The maximum Gasteiger partial charge on any atom is 0.0227 e. The Labute approximate surface area is 63.0 Å². The average Bonchev–Trinajstić information content (AvgIpc) is 1.87. The largest absolute Gasteiger partial charge is 0.376 e. The summed E-state index contributed by atoms with van der Waals surface area (Å²) in [4.78, 5) is 2.13. The van der Waals surface area contributed by atoms with Gasteiger partial charge in [-0.15, -0.1) is 0 Å². The van der Waals surface area contributed by atoms with E-state index < -0.39 is 0 Å². The second-order valence-corrected chi connectivity index (χ2v) is 2.68. The highest BCUT2D eigenvalue weighted by molar-refractivity contribution is 5.68. The molecule has 2 nitrogen and oxygen atoms in total. The molecule has 0 spiro atoms. The van der Waals surface area contributed by atoms with Crippen LogP contribution in [0.25, 0.3) is 0 Å². The number of allylic oxidation sites excluding steroid dienone is 2. The van der Waals surface area contributed by atoms with Gasteiger partial charge in [0.05, 0.1) is 0 Å². The molecule has 0 saturated heterocycles. The molecule has 0 amide bonds. The molecular formula is C8H16N2. The first-order valence-electron chi connectivity index (χ1n) is 3.49. The van der Waals surface area contributed by atoms with Gasteiger partial charge in [0.2, 0.25) is 0 Å². The van der Waals surface area contributed by atoms with E-state index >= 15 is 0 Å². The van der Waals surface area contributed by atoms with Crippen LogP contribution in [0.3, 0.4) is 0 Å². The molecule has 0 aromatic heterocycles. The minimum absolute atomic E-state index is 0.510. The monoisotopic (exact) mass is 140 g/mol. The molecule has 58 valence electrons. The summed E-state index contributed by atoms with van der Waals surface area (Å²) in [6.07, 6.45) is 3.11. The fourth-order valence-corrected chi connectivity index (χ4v) is 0.645. The SMILES string of the molecule is C/C(=C/C=N)N(C)C(C)C. The second kappa shape index (κ2) is 4.09. The van der Waals surface area contributed by atoms with E-state index in [1.54, 1.807) is 6.08 Å². The molecule has 0 heterocycles. The second-order valence-electron chi connectivity index (χ2n) is 2.68. The Kier molecular flexibility index (Phi) is 3.77. The van der Waals surface area contributed by atoms with Gasteiger partial charge in [-0.25, -0.2) is 0 Å². The molecule has 0 aliphatic carbocycles. The van der Waals surface area contributed by atoms with Crippen LogP contribution in [0.15, 0.2) is 11.8 Å². The molecule has 0 unspecified atom stereocenters. The number of rotatable bonds is 3. The van der Waals surface area contributed by atoms with E-state index in [0.29, 0.717) is 6.04 Å². The number of hydrogen-bond donors (Lipinski definition) is 1. The number of nitrogens with zero attached hydrogens (tertiary/aromatic N) is 1. The molecule has 0 bridgehead atoms. The lowest BCUT2D eigenvalue weighted by molar-refractivity contribution is 0.346. The third kappa shape index (κ3) is 2.67. The van der Waals surface area contributed by atoms with Crippen molar-refractivity contribution < 1.29 is 0 Å². The maximum absolute atomic E-state index is 6.84. The minimum Gasteiger partial charge on any atom is -0.376 e. The van der Waals surface area contributed by atoms with Crippen molar-refractivity contribution in [1.82, 2.24) is 4.90 Å². The summed E-state index contributed by atoms with van der Waals surface area (Å²) in [5.74, 6) is 0. The summed E-state index contributed by atoms with van der Waals surface area (Å²) in [5.41, 5.74) is 1.13. The lowest BCUT2D eigenvalue weighted by Crippen LogP contribution is -2.24. The zero-order chi connectivity index (χ0) is 8.15. The molecule has 2 heteroatoms. The van der Waals surface area contributed by atoms with Gasteiger partial charge < -0.3 is 10.3 Å². The summed E-state index contributed by atoms with van der Waals surface area (Å²) in [6, 6.07) is 0.510. The Morgan fingerprint density at radius 2 is 2.00 bits per heavy atom. The molecule has 10 heavy (non-hydrogen) atoms. The molecule has 0 aromatic carbocycles. The van der Waals surface area contributed by atoms with Crippen molar-refractivity contribution >= 4 is 6.21 Å². The van der Waals surface area contributed by atoms with Crippen molar-refractivity contribution in [2.75, 3.05) is 7.05 Å². The van der Waals surface area contributed by atoms with Crippen molar-refractivity contribution in [1.29, 1.82) is 5.41 Å². The van der Waals surface area contributed by atoms with Gasteiger partial charge >= 0.3 is 0 Å². The van der Waals surface area contributed by atoms with Gasteiger partial charge in [-0.2, -0.15) is 0 Å². The van der Waals surface area contributed by atoms with Crippen LogP contribution in [-0.4, -0.2) is 24.2 Å². The van der Waals surface area contributed by atoms with Crippen LogP contribution in [0, 0.1) is 5.41 Å². The smallest absolute Gasteiger partial charge is 0.0227 e. The molecule has 0 rings (SSSR count). The lowest BCUT2D eigenvalue weighted by atomic mass is 10.3. The molecule has 0 aliphatic heterocycles. The summed E-state index contributed by atoms with van der Waals surface area (Å²) in [6.45, 7) is 6.26. The van der Waals surface area contributed by atoms with Crippen LogP contribution in [0.5, 0.6) is 0 Å². The van der Waals surface area contributed by atoms with E-state index in [0.717, 1.165) is 5.70 Å². The first-order valence-corrected chi connectivity index (χ1v) is 3.49. The van der Waals surface area contributed by atoms with Gasteiger partial charge in [0.1, 0.15) is 0 Å². The molecule has 0 atom stereocenters. The zero-order valence-electron chi connectivity index (χ0n) is 7.18. The summed E-state index contributed by atoms with van der Waals surface area (Å²) in [5, 5.41) is 6.84. The zero-order valence-corrected chi connectivity index (χ0v) is 7.18. The van der Waals surface area contributed by atoms with Crippen LogP contribution in [0.2, 0.25) is 0 Å². The fourth-order valence-electron chi connectivity index (χ4n) is 0.645. The Balaban J connectivity index is 4.06. The molecule has 0 fully saturated rings. The van der Waals surface area contributed by atoms with Gasteiger partial charge in [0.15, 0.2) is 0 Å². The Bertz CT molecular complexity index is 136. The summed E-state index contributed by atoms with van der Waals surface area (Å²) >= 11 is 0. The van der Waals surface area contributed by atoms with E-state index in [9.17, 15) is 0 Å². The van der Waals surface area contributed by atoms with Crippen LogP contribution < -0.4 is 0 Å².